The predicted octanol–water partition coefficient (Wildman–Crippen LogP) is 4.79. The fourth-order valence-electron chi connectivity index (χ4n) is 4.45. The average molecular weight is 489 g/mol. The number of carbonyl (C=O) groups is 2. The summed E-state index contributed by atoms with van der Waals surface area (Å²) in [4.78, 5) is 29.8. The van der Waals surface area contributed by atoms with E-state index in [-0.39, 0.29) is 30.7 Å². The molecule has 6 nitrogen and oxygen atoms in total. The molecule has 0 aliphatic carbocycles. The zero-order chi connectivity index (χ0) is 24.6. The number of nitrogens with one attached hydrogen (secondary N) is 1. The summed E-state index contributed by atoms with van der Waals surface area (Å²) < 4.78 is 15.5. The molecule has 8 heteroatoms. The summed E-state index contributed by atoms with van der Waals surface area (Å²) >= 11 is 1.54. The van der Waals surface area contributed by atoms with Gasteiger partial charge in [-0.1, -0.05) is 48.0 Å². The van der Waals surface area contributed by atoms with E-state index in [2.05, 4.69) is 10.4 Å². The normalized spacial score (nSPS) is 17.3. The summed E-state index contributed by atoms with van der Waals surface area (Å²) in [5.41, 5.74) is 2.57. The van der Waals surface area contributed by atoms with Crippen LogP contribution in [0.5, 0.6) is 0 Å². The lowest BCUT2D eigenvalue weighted by Crippen LogP contribution is -2.63. The average Bonchev–Trinajstić information content (AvgIpc) is 3.50. The molecule has 0 spiro atoms. The first-order valence-electron chi connectivity index (χ1n) is 11.4. The molecule has 2 aromatic heterocycles. The number of aryl methyl sites for hydroxylation is 1. The highest BCUT2D eigenvalue weighted by Crippen LogP contribution is 2.32. The van der Waals surface area contributed by atoms with E-state index in [1.807, 2.05) is 48.7 Å². The van der Waals surface area contributed by atoms with E-state index in [0.717, 1.165) is 16.0 Å². The minimum absolute atomic E-state index is 0.102. The number of thiophene rings is 1. The third kappa shape index (κ3) is 4.49. The lowest BCUT2D eigenvalue weighted by atomic mass is 9.94. The molecule has 0 saturated carbocycles. The molecular formula is C27H25FN4O2S. The number of aromatic nitrogens is 2. The molecule has 178 valence electrons. The molecule has 4 aromatic rings. The van der Waals surface area contributed by atoms with Crippen molar-refractivity contribution in [3.8, 4) is 10.6 Å². The molecular weight excluding hydrogens is 463 g/mol. The fourth-order valence-corrected chi connectivity index (χ4v) is 5.13. The lowest BCUT2D eigenvalue weighted by molar-refractivity contribution is -0.133. The van der Waals surface area contributed by atoms with Gasteiger partial charge in [0.15, 0.2) is 0 Å². The summed E-state index contributed by atoms with van der Waals surface area (Å²) in [5, 5.41) is 9.60. The molecule has 1 aliphatic heterocycles. The van der Waals surface area contributed by atoms with Gasteiger partial charge in [0.05, 0.1) is 11.4 Å². The van der Waals surface area contributed by atoms with Gasteiger partial charge in [0.2, 0.25) is 5.91 Å². The van der Waals surface area contributed by atoms with E-state index in [0.29, 0.717) is 23.5 Å². The van der Waals surface area contributed by atoms with Gasteiger partial charge in [0.25, 0.3) is 5.91 Å². The van der Waals surface area contributed by atoms with Gasteiger partial charge in [0.1, 0.15) is 22.7 Å². The lowest BCUT2D eigenvalue weighted by Gasteiger charge is -2.43. The van der Waals surface area contributed by atoms with E-state index in [1.54, 1.807) is 29.8 Å². The predicted molar refractivity (Wildman–Crippen MR) is 133 cm³/mol. The smallest absolute Gasteiger partial charge is 0.273 e. The van der Waals surface area contributed by atoms with Gasteiger partial charge in [0, 0.05) is 13.1 Å². The number of hydrogen-bond donors (Lipinski definition) is 1. The van der Waals surface area contributed by atoms with Crippen LogP contribution in [0.25, 0.3) is 10.6 Å². The van der Waals surface area contributed by atoms with Gasteiger partial charge >= 0.3 is 0 Å². The Morgan fingerprint density at radius 2 is 1.91 bits per heavy atom. The highest BCUT2D eigenvalue weighted by atomic mass is 32.1. The van der Waals surface area contributed by atoms with Crippen LogP contribution in [0.4, 0.5) is 4.39 Å². The molecule has 2 aromatic carbocycles. The van der Waals surface area contributed by atoms with Crippen molar-refractivity contribution in [2.45, 2.75) is 39.0 Å². The van der Waals surface area contributed by atoms with E-state index < -0.39 is 5.54 Å². The molecule has 3 heterocycles. The topological polar surface area (TPSA) is 67.2 Å². The summed E-state index contributed by atoms with van der Waals surface area (Å²) in [6, 6.07) is 19.6. The van der Waals surface area contributed by atoms with Gasteiger partial charge in [-0.05, 0) is 54.6 Å². The van der Waals surface area contributed by atoms with E-state index in [1.165, 1.54) is 28.4 Å². The Labute approximate surface area is 207 Å². The van der Waals surface area contributed by atoms with Gasteiger partial charge in [-0.3, -0.25) is 14.3 Å². The number of halogens is 1. The van der Waals surface area contributed by atoms with Crippen LogP contribution < -0.4 is 5.32 Å². The molecule has 0 fully saturated rings. The van der Waals surface area contributed by atoms with Crippen LogP contribution in [0.1, 0.15) is 34.1 Å². The molecule has 1 unspecified atom stereocenters. The number of amides is 2. The molecule has 0 radical (unpaired) electrons. The minimum Gasteiger partial charge on any atom is -0.350 e. The zero-order valence-corrected chi connectivity index (χ0v) is 20.3. The summed E-state index contributed by atoms with van der Waals surface area (Å²) in [6.07, 6.45) is 0. The Morgan fingerprint density at radius 3 is 2.66 bits per heavy atom. The minimum atomic E-state index is -1.22. The summed E-state index contributed by atoms with van der Waals surface area (Å²) in [6.45, 7) is 4.37. The summed E-state index contributed by atoms with van der Waals surface area (Å²) in [5.74, 6) is -0.991. The van der Waals surface area contributed by atoms with E-state index in [4.69, 9.17) is 0 Å². The third-order valence-electron chi connectivity index (χ3n) is 6.33. The second kappa shape index (κ2) is 9.11. The van der Waals surface area contributed by atoms with Crippen LogP contribution in [0, 0.1) is 12.7 Å². The molecule has 1 N–H and O–H groups in total. The number of fused-ring (bicyclic) bond motifs is 1. The molecule has 1 atom stereocenters. The van der Waals surface area contributed by atoms with Crippen molar-refractivity contribution in [1.82, 2.24) is 20.0 Å². The van der Waals surface area contributed by atoms with Crippen molar-refractivity contribution in [3.05, 3.63) is 100 Å². The maximum absolute atomic E-state index is 13.9. The quantitative estimate of drug-likeness (QED) is 0.424. The van der Waals surface area contributed by atoms with Gasteiger partial charge in [-0.15, -0.1) is 11.3 Å². The highest BCUT2D eigenvalue weighted by Gasteiger charge is 2.48. The molecule has 2 amide bonds. The van der Waals surface area contributed by atoms with E-state index >= 15 is 0 Å². The van der Waals surface area contributed by atoms with Gasteiger partial charge < -0.3 is 10.2 Å². The molecule has 1 aliphatic rings. The standard InChI is InChI=1S/C27H25FN4O2S/c1-18-6-3-7-19(12-18)15-29-26(34)27(2)17-32-23(14-22(30-32)24-10-5-11-35-24)25(33)31(27)16-20-8-4-9-21(28)13-20/h3-14H,15-17H2,1-2H3,(H,29,34). The Kier molecular flexibility index (Phi) is 5.98. The second-order valence-corrected chi connectivity index (χ2v) is 9.96. The fraction of sp³-hybridized carbons (Fsp3) is 0.222. The Hall–Kier alpha value is -3.78. The van der Waals surface area contributed by atoms with Crippen molar-refractivity contribution in [3.63, 3.8) is 0 Å². The molecule has 5 rings (SSSR count). The highest BCUT2D eigenvalue weighted by molar-refractivity contribution is 7.13. The molecule has 35 heavy (non-hydrogen) atoms. The van der Waals surface area contributed by atoms with Crippen molar-refractivity contribution in [1.29, 1.82) is 0 Å². The van der Waals surface area contributed by atoms with Crippen LogP contribution in [-0.4, -0.2) is 32.0 Å². The van der Waals surface area contributed by atoms with Gasteiger partial charge in [-0.2, -0.15) is 5.10 Å². The van der Waals surface area contributed by atoms with Crippen molar-refractivity contribution < 1.29 is 14.0 Å². The van der Waals surface area contributed by atoms with Crippen LogP contribution in [0.3, 0.4) is 0 Å². The van der Waals surface area contributed by atoms with Crippen molar-refractivity contribution in [2.75, 3.05) is 0 Å². The molecule has 0 bridgehead atoms. The Morgan fingerprint density at radius 1 is 1.11 bits per heavy atom. The number of nitrogens with zero attached hydrogens (tertiary/aromatic N) is 3. The van der Waals surface area contributed by atoms with Crippen LogP contribution in [-0.2, 0) is 24.4 Å². The van der Waals surface area contributed by atoms with Crippen LogP contribution >= 0.6 is 11.3 Å². The van der Waals surface area contributed by atoms with Gasteiger partial charge in [-0.25, -0.2) is 4.39 Å². The molecule has 0 saturated heterocycles. The largest absolute Gasteiger partial charge is 0.350 e. The number of hydrogen-bond acceptors (Lipinski definition) is 4. The third-order valence-corrected chi connectivity index (χ3v) is 7.22. The monoisotopic (exact) mass is 488 g/mol. The number of rotatable bonds is 6. The SMILES string of the molecule is Cc1cccc(CNC(=O)C2(C)Cn3nc(-c4cccs4)cc3C(=O)N2Cc2cccc(F)c2)c1. The number of carbonyl (C=O) groups excluding carboxylic acids is 2. The maximum Gasteiger partial charge on any atom is 0.273 e. The first kappa shape index (κ1) is 23.0. The maximum atomic E-state index is 13.9. The second-order valence-electron chi connectivity index (χ2n) is 9.02. The van der Waals surface area contributed by atoms with Crippen LogP contribution in [0.2, 0.25) is 0 Å². The van der Waals surface area contributed by atoms with Crippen molar-refractivity contribution in [2.24, 2.45) is 0 Å². The zero-order valence-electron chi connectivity index (χ0n) is 19.5. The Bertz CT molecular complexity index is 1400. The first-order valence-corrected chi connectivity index (χ1v) is 12.2. The van der Waals surface area contributed by atoms with Crippen LogP contribution in [0.15, 0.2) is 72.1 Å². The first-order chi connectivity index (χ1) is 16.8. The van der Waals surface area contributed by atoms with Crippen molar-refractivity contribution >= 4 is 23.2 Å². The van der Waals surface area contributed by atoms with E-state index in [9.17, 15) is 14.0 Å². The Balaban J connectivity index is 1.49. The number of benzene rings is 2. The summed E-state index contributed by atoms with van der Waals surface area (Å²) in [7, 11) is 0.